The van der Waals surface area contributed by atoms with Crippen molar-refractivity contribution in [1.29, 1.82) is 0 Å². The summed E-state index contributed by atoms with van der Waals surface area (Å²) in [6.07, 6.45) is 2.67. The minimum Gasteiger partial charge on any atom is -0.372 e. The summed E-state index contributed by atoms with van der Waals surface area (Å²) in [7, 11) is 0. The van der Waals surface area contributed by atoms with Crippen molar-refractivity contribution < 1.29 is 4.74 Å². The van der Waals surface area contributed by atoms with Gasteiger partial charge in [0.05, 0.1) is 23.4 Å². The zero-order valence-electron chi connectivity index (χ0n) is 10.0. The maximum atomic E-state index is 5.87. The lowest BCUT2D eigenvalue weighted by atomic mass is 10.1. The molecule has 0 aliphatic carbocycles. The number of ether oxygens (including phenoxy) is 1. The Balaban J connectivity index is 1.79. The first kappa shape index (κ1) is 12.0. The quantitative estimate of drug-likeness (QED) is 0.878. The Hall–Kier alpha value is -0.450. The van der Waals surface area contributed by atoms with Crippen LogP contribution in [0.3, 0.4) is 0 Å². The number of hydrogen-bond acceptors (Lipinski definition) is 4. The molecule has 2 rings (SSSR count). The van der Waals surface area contributed by atoms with Gasteiger partial charge in [0, 0.05) is 11.3 Å². The average Bonchev–Trinajstić information content (AvgIpc) is 2.76. The highest BCUT2D eigenvalue weighted by Crippen LogP contribution is 2.20. The Morgan fingerprint density at radius 2 is 2.25 bits per heavy atom. The molecule has 16 heavy (non-hydrogen) atoms. The van der Waals surface area contributed by atoms with E-state index in [2.05, 4.69) is 29.5 Å². The average molecular weight is 240 g/mol. The van der Waals surface area contributed by atoms with Crippen LogP contribution >= 0.6 is 11.3 Å². The molecule has 0 aromatic carbocycles. The van der Waals surface area contributed by atoms with E-state index >= 15 is 0 Å². The molecule has 1 aromatic rings. The van der Waals surface area contributed by atoms with E-state index in [-0.39, 0.29) is 0 Å². The first-order chi connectivity index (χ1) is 7.75. The van der Waals surface area contributed by atoms with E-state index in [9.17, 15) is 0 Å². The summed E-state index contributed by atoms with van der Waals surface area (Å²) in [5.74, 6) is 0.526. The van der Waals surface area contributed by atoms with Crippen LogP contribution in [-0.4, -0.2) is 24.2 Å². The van der Waals surface area contributed by atoms with Gasteiger partial charge in [-0.1, -0.05) is 13.8 Å². The van der Waals surface area contributed by atoms with Crippen molar-refractivity contribution in [2.45, 2.75) is 45.3 Å². The van der Waals surface area contributed by atoms with Crippen molar-refractivity contribution in [2.24, 2.45) is 0 Å². The largest absolute Gasteiger partial charge is 0.372 e. The number of nitrogens with zero attached hydrogens (tertiary/aromatic N) is 1. The molecule has 90 valence electrons. The van der Waals surface area contributed by atoms with Crippen molar-refractivity contribution in [3.63, 3.8) is 0 Å². The monoisotopic (exact) mass is 240 g/mol. The highest BCUT2D eigenvalue weighted by atomic mass is 32.1. The van der Waals surface area contributed by atoms with Crippen LogP contribution in [0.15, 0.2) is 5.38 Å². The number of hydrogen-bond donors (Lipinski definition) is 1. The smallest absolute Gasteiger partial charge is 0.0954 e. The van der Waals surface area contributed by atoms with Gasteiger partial charge in [-0.05, 0) is 25.9 Å². The van der Waals surface area contributed by atoms with Crippen molar-refractivity contribution in [2.75, 3.05) is 13.1 Å². The molecule has 1 saturated heterocycles. The van der Waals surface area contributed by atoms with Gasteiger partial charge in [0.25, 0.3) is 0 Å². The zero-order valence-corrected chi connectivity index (χ0v) is 10.8. The maximum absolute atomic E-state index is 5.87. The van der Waals surface area contributed by atoms with Gasteiger partial charge >= 0.3 is 0 Å². The fourth-order valence-corrected chi connectivity index (χ4v) is 2.64. The van der Waals surface area contributed by atoms with Gasteiger partial charge in [-0.15, -0.1) is 11.3 Å². The second-order valence-electron chi connectivity index (χ2n) is 4.59. The fourth-order valence-electron chi connectivity index (χ4n) is 1.82. The van der Waals surface area contributed by atoms with Crippen LogP contribution in [0.1, 0.15) is 43.3 Å². The minimum absolute atomic E-state index is 0.422. The van der Waals surface area contributed by atoms with Crippen molar-refractivity contribution in [3.05, 3.63) is 16.1 Å². The molecule has 1 aliphatic heterocycles. The summed E-state index contributed by atoms with van der Waals surface area (Å²) in [6.45, 7) is 7.19. The molecule has 0 unspecified atom stereocenters. The molecule has 0 amide bonds. The lowest BCUT2D eigenvalue weighted by Gasteiger charge is -2.22. The molecule has 1 N–H and O–H groups in total. The molecule has 4 heteroatoms. The fraction of sp³-hybridized carbons (Fsp3) is 0.750. The lowest BCUT2D eigenvalue weighted by molar-refractivity contribution is 0.0197. The van der Waals surface area contributed by atoms with Crippen LogP contribution in [0, 0.1) is 0 Å². The van der Waals surface area contributed by atoms with Gasteiger partial charge in [0.1, 0.15) is 0 Å². The number of rotatable bonds is 4. The first-order valence-electron chi connectivity index (χ1n) is 6.02. The topological polar surface area (TPSA) is 34.1 Å². The standard InChI is InChI=1S/C12H20N2OS/c1-9(2)12-14-10(8-16-12)7-15-11-3-5-13-6-4-11/h8-9,11,13H,3-7H2,1-2H3. The van der Waals surface area contributed by atoms with Crippen LogP contribution in [0.25, 0.3) is 0 Å². The summed E-state index contributed by atoms with van der Waals surface area (Å²) in [5.41, 5.74) is 1.09. The maximum Gasteiger partial charge on any atom is 0.0954 e. The molecule has 0 bridgehead atoms. The molecular weight excluding hydrogens is 220 g/mol. The third kappa shape index (κ3) is 3.27. The molecule has 1 fully saturated rings. The second kappa shape index (κ2) is 5.75. The summed E-state index contributed by atoms with van der Waals surface area (Å²) < 4.78 is 5.87. The van der Waals surface area contributed by atoms with Crippen molar-refractivity contribution in [1.82, 2.24) is 10.3 Å². The minimum atomic E-state index is 0.422. The Kier molecular flexibility index (Phi) is 4.32. The van der Waals surface area contributed by atoms with Gasteiger partial charge in [0.2, 0.25) is 0 Å². The lowest BCUT2D eigenvalue weighted by Crippen LogP contribution is -2.32. The van der Waals surface area contributed by atoms with Crippen LogP contribution in [0.4, 0.5) is 0 Å². The second-order valence-corrected chi connectivity index (χ2v) is 5.48. The predicted molar refractivity (Wildman–Crippen MR) is 66.9 cm³/mol. The van der Waals surface area contributed by atoms with Gasteiger partial charge in [0.15, 0.2) is 0 Å². The van der Waals surface area contributed by atoms with Crippen LogP contribution in [-0.2, 0) is 11.3 Å². The molecule has 1 aliphatic rings. The van der Waals surface area contributed by atoms with Crippen LogP contribution in [0.2, 0.25) is 0 Å². The van der Waals surface area contributed by atoms with E-state index in [1.165, 1.54) is 5.01 Å². The Labute approximate surface area is 101 Å². The van der Waals surface area contributed by atoms with E-state index in [0.717, 1.165) is 31.6 Å². The number of piperidine rings is 1. The van der Waals surface area contributed by atoms with E-state index in [1.54, 1.807) is 11.3 Å². The van der Waals surface area contributed by atoms with Gasteiger partial charge in [-0.2, -0.15) is 0 Å². The number of aromatic nitrogens is 1. The summed E-state index contributed by atoms with van der Waals surface area (Å²) in [4.78, 5) is 4.57. The third-order valence-electron chi connectivity index (χ3n) is 2.82. The van der Waals surface area contributed by atoms with Crippen LogP contribution in [0.5, 0.6) is 0 Å². The normalized spacial score (nSPS) is 18.2. The third-order valence-corrected chi connectivity index (χ3v) is 4.01. The summed E-state index contributed by atoms with van der Waals surface area (Å²) >= 11 is 1.74. The molecule has 1 aromatic heterocycles. The summed E-state index contributed by atoms with van der Waals surface area (Å²) in [6, 6.07) is 0. The van der Waals surface area contributed by atoms with E-state index < -0.39 is 0 Å². The van der Waals surface area contributed by atoms with Crippen LogP contribution < -0.4 is 5.32 Å². The van der Waals surface area contributed by atoms with Crippen molar-refractivity contribution >= 4 is 11.3 Å². The Bertz CT molecular complexity index is 319. The molecule has 0 spiro atoms. The molecule has 2 heterocycles. The number of thiazole rings is 1. The molecular formula is C12H20N2OS. The summed E-state index contributed by atoms with van der Waals surface area (Å²) in [5, 5.41) is 6.67. The van der Waals surface area contributed by atoms with Gasteiger partial charge < -0.3 is 10.1 Å². The molecule has 3 nitrogen and oxygen atoms in total. The van der Waals surface area contributed by atoms with E-state index in [0.29, 0.717) is 18.6 Å². The highest BCUT2D eigenvalue weighted by molar-refractivity contribution is 7.09. The number of nitrogens with one attached hydrogen (secondary N) is 1. The highest BCUT2D eigenvalue weighted by Gasteiger charge is 2.14. The van der Waals surface area contributed by atoms with Gasteiger partial charge in [-0.3, -0.25) is 0 Å². The van der Waals surface area contributed by atoms with E-state index in [1.807, 2.05) is 0 Å². The van der Waals surface area contributed by atoms with Gasteiger partial charge in [-0.25, -0.2) is 4.98 Å². The SMILES string of the molecule is CC(C)c1nc(COC2CCNCC2)cs1. The van der Waals surface area contributed by atoms with E-state index in [4.69, 9.17) is 4.74 Å². The Morgan fingerprint density at radius 1 is 1.50 bits per heavy atom. The first-order valence-corrected chi connectivity index (χ1v) is 6.90. The Morgan fingerprint density at radius 3 is 2.88 bits per heavy atom. The molecule has 0 atom stereocenters. The molecule has 0 saturated carbocycles. The van der Waals surface area contributed by atoms with Crippen molar-refractivity contribution in [3.8, 4) is 0 Å². The predicted octanol–water partition coefficient (Wildman–Crippen LogP) is 2.54. The zero-order chi connectivity index (χ0) is 11.4. The molecule has 0 radical (unpaired) electrons.